The predicted molar refractivity (Wildman–Crippen MR) is 78.6 cm³/mol. The van der Waals surface area contributed by atoms with Gasteiger partial charge in [0.1, 0.15) is 30.5 Å². The maximum absolute atomic E-state index is 12.8. The number of hydrogen-bond acceptors (Lipinski definition) is 4. The van der Waals surface area contributed by atoms with Crippen LogP contribution in [0.5, 0.6) is 5.75 Å². The third kappa shape index (κ3) is 6.84. The smallest absolute Gasteiger partial charge is 0.411 e. The van der Waals surface area contributed by atoms with E-state index in [2.05, 4.69) is 10.1 Å². The fraction of sp³-hybridized carbons (Fsp3) is 0.312. The van der Waals surface area contributed by atoms with E-state index in [1.807, 2.05) is 0 Å². The van der Waals surface area contributed by atoms with Crippen molar-refractivity contribution in [3.63, 3.8) is 0 Å². The van der Waals surface area contributed by atoms with Crippen LogP contribution in [0.4, 0.5) is 17.6 Å². The molecule has 2 rings (SSSR count). The van der Waals surface area contributed by atoms with Crippen LogP contribution in [0.15, 0.2) is 40.8 Å². The molecule has 0 unspecified atom stereocenters. The first-order chi connectivity index (χ1) is 11.8. The highest BCUT2D eigenvalue weighted by Gasteiger charge is 2.27. The summed E-state index contributed by atoms with van der Waals surface area (Å²) in [6.45, 7) is -1.69. The standard InChI is InChI=1S/C16H15F4NO4/c17-11-1-3-12(4-2-11)24-9-13-5-6-14(25-13)15(22)21-7-8-23-10-16(18,19)20/h1-6H,7-10H2,(H,21,22). The third-order valence-corrected chi connectivity index (χ3v) is 2.88. The van der Waals surface area contributed by atoms with Gasteiger partial charge in [0.25, 0.3) is 5.91 Å². The van der Waals surface area contributed by atoms with Gasteiger partial charge in [-0.2, -0.15) is 13.2 Å². The Morgan fingerprint density at radius 2 is 1.84 bits per heavy atom. The van der Waals surface area contributed by atoms with Gasteiger partial charge in [-0.1, -0.05) is 0 Å². The SMILES string of the molecule is O=C(NCCOCC(F)(F)F)c1ccc(COc2ccc(F)cc2)o1. The van der Waals surface area contributed by atoms with Gasteiger partial charge in [0.15, 0.2) is 5.76 Å². The van der Waals surface area contributed by atoms with Crippen LogP contribution >= 0.6 is 0 Å². The molecule has 0 aliphatic rings. The number of benzene rings is 1. The molecule has 1 aromatic carbocycles. The fourth-order valence-corrected chi connectivity index (χ4v) is 1.77. The van der Waals surface area contributed by atoms with Crippen molar-refractivity contribution in [2.24, 2.45) is 0 Å². The molecule has 0 saturated carbocycles. The van der Waals surface area contributed by atoms with E-state index in [9.17, 15) is 22.4 Å². The quantitative estimate of drug-likeness (QED) is 0.579. The van der Waals surface area contributed by atoms with Crippen molar-refractivity contribution in [3.8, 4) is 5.75 Å². The Morgan fingerprint density at radius 3 is 2.52 bits per heavy atom. The number of alkyl halides is 3. The molecule has 0 radical (unpaired) electrons. The van der Waals surface area contributed by atoms with Crippen LogP contribution < -0.4 is 10.1 Å². The van der Waals surface area contributed by atoms with Crippen LogP contribution in [-0.2, 0) is 11.3 Å². The Morgan fingerprint density at radius 1 is 1.12 bits per heavy atom. The molecule has 0 saturated heterocycles. The third-order valence-electron chi connectivity index (χ3n) is 2.88. The van der Waals surface area contributed by atoms with E-state index in [0.29, 0.717) is 11.5 Å². The first kappa shape index (κ1) is 18.8. The molecule has 0 spiro atoms. The van der Waals surface area contributed by atoms with E-state index in [1.165, 1.54) is 36.4 Å². The first-order valence-corrected chi connectivity index (χ1v) is 7.23. The Hall–Kier alpha value is -2.55. The predicted octanol–water partition coefficient (Wildman–Crippen LogP) is 3.31. The zero-order valence-corrected chi connectivity index (χ0v) is 12.9. The monoisotopic (exact) mass is 361 g/mol. The molecule has 0 bridgehead atoms. The van der Waals surface area contributed by atoms with Crippen molar-refractivity contribution in [1.29, 1.82) is 0 Å². The number of hydrogen-bond donors (Lipinski definition) is 1. The van der Waals surface area contributed by atoms with Gasteiger partial charge >= 0.3 is 6.18 Å². The molecule has 0 fully saturated rings. The summed E-state index contributed by atoms with van der Waals surface area (Å²) in [5.74, 6) is -0.172. The van der Waals surface area contributed by atoms with Crippen LogP contribution in [0.25, 0.3) is 0 Å². The summed E-state index contributed by atoms with van der Waals surface area (Å²) >= 11 is 0. The molecule has 0 aliphatic heterocycles. The molecule has 0 aliphatic carbocycles. The minimum atomic E-state index is -4.40. The van der Waals surface area contributed by atoms with E-state index in [1.54, 1.807) is 0 Å². The van der Waals surface area contributed by atoms with Crippen molar-refractivity contribution >= 4 is 5.91 Å². The largest absolute Gasteiger partial charge is 0.486 e. The molecule has 1 heterocycles. The zero-order valence-electron chi connectivity index (χ0n) is 12.9. The number of carbonyl (C=O) groups is 1. The van der Waals surface area contributed by atoms with Crippen LogP contribution in [0, 0.1) is 5.82 Å². The molecular formula is C16H15F4NO4. The average Bonchev–Trinajstić information content (AvgIpc) is 3.02. The molecule has 1 N–H and O–H groups in total. The topological polar surface area (TPSA) is 60.7 Å². The van der Waals surface area contributed by atoms with Gasteiger partial charge in [-0.05, 0) is 36.4 Å². The molecule has 1 aromatic heterocycles. The summed E-state index contributed by atoms with van der Waals surface area (Å²) in [6.07, 6.45) is -4.40. The molecule has 0 atom stereocenters. The number of furan rings is 1. The average molecular weight is 361 g/mol. The van der Waals surface area contributed by atoms with Crippen molar-refractivity contribution in [2.45, 2.75) is 12.8 Å². The molecule has 5 nitrogen and oxygen atoms in total. The van der Waals surface area contributed by atoms with Gasteiger partial charge in [-0.25, -0.2) is 4.39 Å². The summed E-state index contributed by atoms with van der Waals surface area (Å²) in [5.41, 5.74) is 0. The summed E-state index contributed by atoms with van der Waals surface area (Å²) < 4.78 is 63.4. The van der Waals surface area contributed by atoms with Crippen LogP contribution in [0.2, 0.25) is 0 Å². The van der Waals surface area contributed by atoms with Crippen molar-refractivity contribution in [3.05, 3.63) is 53.7 Å². The first-order valence-electron chi connectivity index (χ1n) is 7.23. The molecule has 25 heavy (non-hydrogen) atoms. The van der Waals surface area contributed by atoms with E-state index in [0.717, 1.165) is 0 Å². The molecule has 2 aromatic rings. The number of nitrogens with one attached hydrogen (secondary N) is 1. The van der Waals surface area contributed by atoms with Gasteiger partial charge in [-0.3, -0.25) is 4.79 Å². The summed E-state index contributed by atoms with van der Waals surface area (Å²) in [6, 6.07) is 8.34. The molecule has 9 heteroatoms. The highest BCUT2D eigenvalue weighted by Crippen LogP contribution is 2.15. The Bertz CT molecular complexity index is 682. The fourth-order valence-electron chi connectivity index (χ4n) is 1.77. The van der Waals surface area contributed by atoms with Gasteiger partial charge in [0, 0.05) is 6.54 Å². The Labute approximate surface area is 140 Å². The van der Waals surface area contributed by atoms with Gasteiger partial charge in [-0.15, -0.1) is 0 Å². The lowest BCUT2D eigenvalue weighted by atomic mass is 10.3. The number of halogens is 4. The molecule has 136 valence electrons. The van der Waals surface area contributed by atoms with Crippen LogP contribution in [0.1, 0.15) is 16.3 Å². The van der Waals surface area contributed by atoms with E-state index >= 15 is 0 Å². The lowest BCUT2D eigenvalue weighted by Crippen LogP contribution is -2.28. The van der Waals surface area contributed by atoms with E-state index < -0.39 is 18.7 Å². The maximum atomic E-state index is 12.8. The van der Waals surface area contributed by atoms with E-state index in [4.69, 9.17) is 9.15 Å². The summed E-state index contributed by atoms with van der Waals surface area (Å²) in [5, 5.41) is 2.37. The van der Waals surface area contributed by atoms with Gasteiger partial charge < -0.3 is 19.2 Å². The minimum Gasteiger partial charge on any atom is -0.486 e. The lowest BCUT2D eigenvalue weighted by Gasteiger charge is -2.07. The minimum absolute atomic E-state index is 0.00599. The van der Waals surface area contributed by atoms with E-state index in [-0.39, 0.29) is 31.3 Å². The van der Waals surface area contributed by atoms with Gasteiger partial charge in [0.05, 0.1) is 6.61 Å². The normalized spacial score (nSPS) is 11.4. The second kappa shape index (κ2) is 8.52. The van der Waals surface area contributed by atoms with Crippen molar-refractivity contribution in [1.82, 2.24) is 5.32 Å². The number of rotatable bonds is 8. The molecule has 1 amide bonds. The zero-order chi connectivity index (χ0) is 18.3. The lowest BCUT2D eigenvalue weighted by molar-refractivity contribution is -0.173. The summed E-state index contributed by atoms with van der Waals surface area (Å²) in [4.78, 5) is 11.8. The second-order valence-corrected chi connectivity index (χ2v) is 4.93. The maximum Gasteiger partial charge on any atom is 0.411 e. The number of ether oxygens (including phenoxy) is 2. The highest BCUT2D eigenvalue weighted by atomic mass is 19.4. The Balaban J connectivity index is 1.72. The van der Waals surface area contributed by atoms with Crippen LogP contribution in [-0.4, -0.2) is 31.8 Å². The molecular weight excluding hydrogens is 346 g/mol. The Kier molecular flexibility index (Phi) is 6.40. The van der Waals surface area contributed by atoms with Crippen LogP contribution in [0.3, 0.4) is 0 Å². The van der Waals surface area contributed by atoms with Gasteiger partial charge in [0.2, 0.25) is 0 Å². The number of carbonyl (C=O) groups excluding carboxylic acids is 1. The number of amides is 1. The second-order valence-electron chi connectivity index (χ2n) is 4.93. The summed E-state index contributed by atoms with van der Waals surface area (Å²) in [7, 11) is 0. The van der Waals surface area contributed by atoms with Crippen molar-refractivity contribution < 1.29 is 36.2 Å². The highest BCUT2D eigenvalue weighted by molar-refractivity contribution is 5.91. The van der Waals surface area contributed by atoms with Crippen molar-refractivity contribution in [2.75, 3.05) is 19.8 Å².